The highest BCUT2D eigenvalue weighted by atomic mass is 16.6. The van der Waals surface area contributed by atoms with E-state index in [4.69, 9.17) is 5.11 Å². The van der Waals surface area contributed by atoms with E-state index in [0.717, 1.165) is 22.9 Å². The lowest BCUT2D eigenvalue weighted by atomic mass is 10.2. The molecule has 0 atom stereocenters. The summed E-state index contributed by atoms with van der Waals surface area (Å²) in [5.41, 5.74) is -0.310. The summed E-state index contributed by atoms with van der Waals surface area (Å²) in [6.45, 7) is 1.45. The molecule has 0 aliphatic carbocycles. The van der Waals surface area contributed by atoms with E-state index in [0.29, 0.717) is 0 Å². The predicted octanol–water partition coefficient (Wildman–Crippen LogP) is 0.706. The molecule has 0 aromatic carbocycles. The van der Waals surface area contributed by atoms with Gasteiger partial charge in [-0.3, -0.25) is 14.9 Å². The third kappa shape index (κ3) is 3.26. The Morgan fingerprint density at radius 1 is 1.65 bits per heavy atom. The van der Waals surface area contributed by atoms with Crippen LogP contribution in [0.4, 0.5) is 5.69 Å². The van der Waals surface area contributed by atoms with E-state index >= 15 is 0 Å². The fourth-order valence-electron chi connectivity index (χ4n) is 1.26. The number of allylic oxidation sites excluding steroid dienone is 1. The molecule has 7 heteroatoms. The highest BCUT2D eigenvalue weighted by Crippen LogP contribution is 2.13. The Kier molecular flexibility index (Phi) is 3.76. The second-order valence-electron chi connectivity index (χ2n) is 3.33. The Morgan fingerprint density at radius 2 is 2.29 bits per heavy atom. The number of aromatic nitrogens is 1. The lowest BCUT2D eigenvalue weighted by Crippen LogP contribution is -2.19. The van der Waals surface area contributed by atoms with E-state index in [1.54, 1.807) is 0 Å². The van der Waals surface area contributed by atoms with Gasteiger partial charge in [-0.2, -0.15) is 0 Å². The third-order valence-corrected chi connectivity index (χ3v) is 2.06. The van der Waals surface area contributed by atoms with Crippen molar-refractivity contribution >= 4 is 11.7 Å². The van der Waals surface area contributed by atoms with Crippen molar-refractivity contribution in [2.45, 2.75) is 13.5 Å². The standard InChI is InChI=1S/C10H10N2O5/c1-7-5-9(13)11(4-2-3-10(14)15)6-8(7)12(16)17/h2-3,5-6H,4H2,1H3,(H,14,15)/b3-2+. The summed E-state index contributed by atoms with van der Waals surface area (Å²) in [6, 6.07) is 1.15. The van der Waals surface area contributed by atoms with Crippen molar-refractivity contribution in [3.63, 3.8) is 0 Å². The summed E-state index contributed by atoms with van der Waals surface area (Å²) in [7, 11) is 0. The number of hydrogen-bond donors (Lipinski definition) is 1. The number of rotatable bonds is 4. The molecule has 0 aliphatic rings. The van der Waals surface area contributed by atoms with Crippen LogP contribution >= 0.6 is 0 Å². The molecule has 0 saturated heterocycles. The van der Waals surface area contributed by atoms with Gasteiger partial charge >= 0.3 is 5.97 Å². The first kappa shape index (κ1) is 12.6. The fourth-order valence-corrected chi connectivity index (χ4v) is 1.26. The van der Waals surface area contributed by atoms with E-state index in [9.17, 15) is 19.7 Å². The Hall–Kier alpha value is -2.44. The van der Waals surface area contributed by atoms with E-state index in [2.05, 4.69) is 0 Å². The predicted molar refractivity (Wildman–Crippen MR) is 58.9 cm³/mol. The Balaban J connectivity index is 3.08. The van der Waals surface area contributed by atoms with Crippen LogP contribution in [0.25, 0.3) is 0 Å². The van der Waals surface area contributed by atoms with Crippen LogP contribution in [0.1, 0.15) is 5.56 Å². The zero-order valence-electron chi connectivity index (χ0n) is 8.99. The second-order valence-corrected chi connectivity index (χ2v) is 3.33. The minimum Gasteiger partial charge on any atom is -0.478 e. The number of carboxylic acids is 1. The van der Waals surface area contributed by atoms with Crippen molar-refractivity contribution in [1.82, 2.24) is 4.57 Å². The van der Waals surface area contributed by atoms with Crippen LogP contribution in [0.15, 0.2) is 29.2 Å². The van der Waals surface area contributed by atoms with Crippen molar-refractivity contribution in [1.29, 1.82) is 0 Å². The first-order valence-electron chi connectivity index (χ1n) is 4.66. The summed E-state index contributed by atoms with van der Waals surface area (Å²) in [4.78, 5) is 31.7. The zero-order valence-corrected chi connectivity index (χ0v) is 8.99. The lowest BCUT2D eigenvalue weighted by Gasteiger charge is -2.03. The van der Waals surface area contributed by atoms with Crippen LogP contribution in [-0.2, 0) is 11.3 Å². The topological polar surface area (TPSA) is 102 Å². The van der Waals surface area contributed by atoms with Gasteiger partial charge < -0.3 is 9.67 Å². The maximum atomic E-state index is 11.4. The van der Waals surface area contributed by atoms with Crippen LogP contribution in [0.5, 0.6) is 0 Å². The molecule has 7 nitrogen and oxygen atoms in total. The number of aryl methyl sites for hydroxylation is 1. The molecule has 1 aromatic heterocycles. The van der Waals surface area contributed by atoms with E-state index < -0.39 is 16.5 Å². The summed E-state index contributed by atoms with van der Waals surface area (Å²) >= 11 is 0. The molecule has 1 N–H and O–H groups in total. The van der Waals surface area contributed by atoms with Gasteiger partial charge in [-0.05, 0) is 6.92 Å². The smallest absolute Gasteiger partial charge is 0.328 e. The number of carboxylic acid groups (broad SMARTS) is 1. The average molecular weight is 238 g/mol. The largest absolute Gasteiger partial charge is 0.478 e. The number of pyridine rings is 1. The Morgan fingerprint density at radius 3 is 2.82 bits per heavy atom. The highest BCUT2D eigenvalue weighted by Gasteiger charge is 2.12. The summed E-state index contributed by atoms with van der Waals surface area (Å²) in [6.07, 6.45) is 3.21. The van der Waals surface area contributed by atoms with Gasteiger partial charge in [0.05, 0.1) is 11.1 Å². The van der Waals surface area contributed by atoms with Crippen LogP contribution in [-0.4, -0.2) is 20.6 Å². The number of nitro groups is 1. The highest BCUT2D eigenvalue weighted by molar-refractivity contribution is 5.79. The Labute approximate surface area is 95.8 Å². The van der Waals surface area contributed by atoms with Gasteiger partial charge in [0.15, 0.2) is 0 Å². The van der Waals surface area contributed by atoms with Crippen molar-refractivity contribution in [3.05, 3.63) is 50.4 Å². The summed E-state index contributed by atoms with van der Waals surface area (Å²) in [5.74, 6) is -1.14. The lowest BCUT2D eigenvalue weighted by molar-refractivity contribution is -0.385. The molecule has 17 heavy (non-hydrogen) atoms. The first-order chi connectivity index (χ1) is 7.91. The minimum atomic E-state index is -1.14. The molecular weight excluding hydrogens is 228 g/mol. The monoisotopic (exact) mass is 238 g/mol. The number of carbonyl (C=O) groups is 1. The molecule has 0 bridgehead atoms. The van der Waals surface area contributed by atoms with Crippen LogP contribution in [0.2, 0.25) is 0 Å². The maximum Gasteiger partial charge on any atom is 0.328 e. The molecular formula is C10H10N2O5. The van der Waals surface area contributed by atoms with Gasteiger partial charge in [0.25, 0.3) is 11.2 Å². The van der Waals surface area contributed by atoms with Crippen LogP contribution < -0.4 is 5.56 Å². The molecule has 90 valence electrons. The van der Waals surface area contributed by atoms with Crippen LogP contribution in [0, 0.1) is 17.0 Å². The van der Waals surface area contributed by atoms with Gasteiger partial charge in [0.1, 0.15) is 0 Å². The van der Waals surface area contributed by atoms with E-state index in [1.165, 1.54) is 13.0 Å². The molecule has 0 spiro atoms. The van der Waals surface area contributed by atoms with Crippen molar-refractivity contribution in [3.8, 4) is 0 Å². The van der Waals surface area contributed by atoms with Crippen molar-refractivity contribution in [2.75, 3.05) is 0 Å². The van der Waals surface area contributed by atoms with Gasteiger partial charge in [0.2, 0.25) is 0 Å². The quantitative estimate of drug-likeness (QED) is 0.472. The zero-order chi connectivity index (χ0) is 13.0. The van der Waals surface area contributed by atoms with Gasteiger partial charge in [-0.1, -0.05) is 6.08 Å². The molecule has 1 aromatic rings. The minimum absolute atomic E-state index is 0.0216. The normalized spacial score (nSPS) is 10.6. The molecule has 0 saturated carbocycles. The van der Waals surface area contributed by atoms with Gasteiger partial charge in [-0.25, -0.2) is 4.79 Å². The third-order valence-electron chi connectivity index (χ3n) is 2.06. The molecule has 0 aliphatic heterocycles. The van der Waals surface area contributed by atoms with Gasteiger partial charge in [-0.15, -0.1) is 0 Å². The van der Waals surface area contributed by atoms with Crippen molar-refractivity contribution < 1.29 is 14.8 Å². The molecule has 1 rings (SSSR count). The fraction of sp³-hybridized carbons (Fsp3) is 0.200. The second kappa shape index (κ2) is 5.06. The van der Waals surface area contributed by atoms with E-state index in [1.807, 2.05) is 0 Å². The average Bonchev–Trinajstić information content (AvgIpc) is 2.20. The summed E-state index contributed by atoms with van der Waals surface area (Å²) < 4.78 is 1.07. The Bertz CT molecular complexity index is 544. The SMILES string of the molecule is Cc1cc(=O)n(C/C=C/C(=O)O)cc1[N+](=O)[O-]. The number of aliphatic carboxylic acids is 1. The van der Waals surface area contributed by atoms with Gasteiger partial charge in [0, 0.05) is 24.3 Å². The molecule has 0 radical (unpaired) electrons. The summed E-state index contributed by atoms with van der Waals surface area (Å²) in [5, 5.41) is 19.0. The maximum absolute atomic E-state index is 11.4. The molecule has 0 amide bonds. The number of nitrogens with zero attached hydrogens (tertiary/aromatic N) is 2. The molecule has 0 unspecified atom stereocenters. The molecule has 1 heterocycles. The number of hydrogen-bond acceptors (Lipinski definition) is 4. The van der Waals surface area contributed by atoms with E-state index in [-0.39, 0.29) is 17.8 Å². The van der Waals surface area contributed by atoms with Crippen LogP contribution in [0.3, 0.4) is 0 Å². The molecule has 0 fully saturated rings. The first-order valence-corrected chi connectivity index (χ1v) is 4.66. The van der Waals surface area contributed by atoms with Crippen molar-refractivity contribution in [2.24, 2.45) is 0 Å².